The molecular formula is C8H12NO4P. The maximum absolute atomic E-state index is 10.6. The van der Waals surface area contributed by atoms with Crippen LogP contribution in [0.25, 0.3) is 0 Å². The fourth-order valence-electron chi connectivity index (χ4n) is 1.04. The molecule has 0 saturated heterocycles. The van der Waals surface area contributed by atoms with E-state index in [9.17, 15) is 4.57 Å². The summed E-state index contributed by atoms with van der Waals surface area (Å²) >= 11 is 0. The van der Waals surface area contributed by atoms with Gasteiger partial charge in [-0.3, -0.25) is 9.79 Å². The summed E-state index contributed by atoms with van der Waals surface area (Å²) in [4.78, 5) is 17.2. The zero-order chi connectivity index (χ0) is 10.9. The van der Waals surface area contributed by atoms with Gasteiger partial charge in [-0.25, -0.2) is 4.57 Å². The molecule has 5 nitrogen and oxygen atoms in total. The van der Waals surface area contributed by atoms with Crippen LogP contribution >= 0.6 is 7.82 Å². The second-order valence-electron chi connectivity index (χ2n) is 3.06. The van der Waals surface area contributed by atoms with Crippen LogP contribution in [0.15, 0.2) is 12.1 Å². The third-order valence-electron chi connectivity index (χ3n) is 1.78. The maximum atomic E-state index is 10.6. The molecule has 0 aliphatic carbocycles. The molecule has 1 aromatic carbocycles. The Morgan fingerprint density at radius 3 is 2.36 bits per heavy atom. The zero-order valence-corrected chi connectivity index (χ0v) is 8.78. The third kappa shape index (κ3) is 2.73. The number of hydrogen-bond donors (Lipinski definition) is 3. The Morgan fingerprint density at radius 2 is 1.86 bits per heavy atom. The van der Waals surface area contributed by atoms with Gasteiger partial charge in [0.2, 0.25) is 0 Å². The number of nitrogens with two attached hydrogens (primary N) is 1. The predicted molar refractivity (Wildman–Crippen MR) is 53.0 cm³/mol. The van der Waals surface area contributed by atoms with Crippen molar-refractivity contribution >= 4 is 13.5 Å². The first-order valence-corrected chi connectivity index (χ1v) is 5.44. The second-order valence-corrected chi connectivity index (χ2v) is 4.22. The van der Waals surface area contributed by atoms with E-state index < -0.39 is 7.82 Å². The van der Waals surface area contributed by atoms with Crippen LogP contribution in [0.3, 0.4) is 0 Å². The SMILES string of the molecule is Cc1cc(OP(=O)(O)O)c(C)cc1N. The van der Waals surface area contributed by atoms with Gasteiger partial charge in [0.15, 0.2) is 0 Å². The second kappa shape index (κ2) is 3.61. The molecular weight excluding hydrogens is 205 g/mol. The summed E-state index contributed by atoms with van der Waals surface area (Å²) in [6.45, 7) is 3.40. The summed E-state index contributed by atoms with van der Waals surface area (Å²) in [5.41, 5.74) is 7.49. The lowest BCUT2D eigenvalue weighted by Crippen LogP contribution is -1.96. The normalized spacial score (nSPS) is 11.4. The molecule has 4 N–H and O–H groups in total. The average Bonchev–Trinajstić information content (AvgIpc) is 1.97. The molecule has 1 rings (SSSR count). The van der Waals surface area contributed by atoms with Crippen LogP contribution in [0, 0.1) is 13.8 Å². The van der Waals surface area contributed by atoms with Crippen molar-refractivity contribution < 1.29 is 18.9 Å². The molecule has 78 valence electrons. The molecule has 0 fully saturated rings. The summed E-state index contributed by atoms with van der Waals surface area (Å²) < 4.78 is 15.1. The molecule has 1 aromatic rings. The molecule has 0 amide bonds. The Kier molecular flexibility index (Phi) is 2.85. The Labute approximate surface area is 81.8 Å². The molecule has 14 heavy (non-hydrogen) atoms. The van der Waals surface area contributed by atoms with Crippen LogP contribution in [-0.2, 0) is 4.57 Å². The van der Waals surface area contributed by atoms with Crippen LogP contribution in [0.4, 0.5) is 5.69 Å². The minimum Gasteiger partial charge on any atom is -0.404 e. The molecule has 6 heteroatoms. The smallest absolute Gasteiger partial charge is 0.404 e. The number of nitrogen functional groups attached to an aromatic ring is 1. The fraction of sp³-hybridized carbons (Fsp3) is 0.250. The number of phosphoric ester groups is 1. The summed E-state index contributed by atoms with van der Waals surface area (Å²) in [5.74, 6) is 0.157. The monoisotopic (exact) mass is 217 g/mol. The summed E-state index contributed by atoms with van der Waals surface area (Å²) in [5, 5.41) is 0. The average molecular weight is 217 g/mol. The number of hydrogen-bond acceptors (Lipinski definition) is 3. The molecule has 0 heterocycles. The summed E-state index contributed by atoms with van der Waals surface area (Å²) in [6.07, 6.45) is 0. The molecule has 0 aliphatic rings. The van der Waals surface area contributed by atoms with Gasteiger partial charge in [0.25, 0.3) is 0 Å². The van der Waals surface area contributed by atoms with Gasteiger partial charge in [-0.2, -0.15) is 0 Å². The molecule has 0 aliphatic heterocycles. The first-order chi connectivity index (χ1) is 6.29. The molecule has 0 bridgehead atoms. The van der Waals surface area contributed by atoms with Gasteiger partial charge < -0.3 is 10.3 Å². The van der Waals surface area contributed by atoms with Gasteiger partial charge >= 0.3 is 7.82 Å². The molecule has 0 unspecified atom stereocenters. The van der Waals surface area contributed by atoms with E-state index in [0.29, 0.717) is 11.3 Å². The van der Waals surface area contributed by atoms with E-state index in [1.54, 1.807) is 19.9 Å². The van der Waals surface area contributed by atoms with Gasteiger partial charge in [0.05, 0.1) is 0 Å². The van der Waals surface area contributed by atoms with Crippen molar-refractivity contribution in [2.75, 3.05) is 5.73 Å². The quantitative estimate of drug-likeness (QED) is 0.513. The van der Waals surface area contributed by atoms with E-state index in [1.165, 1.54) is 6.07 Å². The highest BCUT2D eigenvalue weighted by Gasteiger charge is 2.17. The maximum Gasteiger partial charge on any atom is 0.524 e. The first-order valence-electron chi connectivity index (χ1n) is 3.91. The van der Waals surface area contributed by atoms with Gasteiger partial charge in [-0.15, -0.1) is 0 Å². The van der Waals surface area contributed by atoms with Gasteiger partial charge in [-0.1, -0.05) is 0 Å². The van der Waals surface area contributed by atoms with Crippen LogP contribution in [0.2, 0.25) is 0 Å². The van der Waals surface area contributed by atoms with Crippen molar-refractivity contribution in [3.63, 3.8) is 0 Å². The molecule has 0 aromatic heterocycles. The first kappa shape index (κ1) is 11.0. The van der Waals surface area contributed by atoms with Crippen LogP contribution < -0.4 is 10.3 Å². The Hall–Kier alpha value is -1.03. The highest BCUT2D eigenvalue weighted by Crippen LogP contribution is 2.39. The van der Waals surface area contributed by atoms with Crippen molar-refractivity contribution in [1.29, 1.82) is 0 Å². The van der Waals surface area contributed by atoms with E-state index in [4.69, 9.17) is 15.5 Å². The van der Waals surface area contributed by atoms with Crippen LogP contribution in [-0.4, -0.2) is 9.79 Å². The third-order valence-corrected chi connectivity index (χ3v) is 2.22. The largest absolute Gasteiger partial charge is 0.524 e. The van der Waals surface area contributed by atoms with Crippen molar-refractivity contribution in [2.45, 2.75) is 13.8 Å². The molecule has 0 radical (unpaired) electrons. The Morgan fingerprint density at radius 1 is 1.29 bits per heavy atom. The number of anilines is 1. The highest BCUT2D eigenvalue weighted by atomic mass is 31.2. The van der Waals surface area contributed by atoms with Crippen molar-refractivity contribution in [1.82, 2.24) is 0 Å². The number of benzene rings is 1. The number of phosphoric acid groups is 1. The van der Waals surface area contributed by atoms with E-state index in [2.05, 4.69) is 4.52 Å². The van der Waals surface area contributed by atoms with Crippen molar-refractivity contribution in [3.05, 3.63) is 23.3 Å². The molecule has 0 spiro atoms. The van der Waals surface area contributed by atoms with E-state index >= 15 is 0 Å². The van der Waals surface area contributed by atoms with Gasteiger partial charge in [0, 0.05) is 5.69 Å². The van der Waals surface area contributed by atoms with E-state index in [0.717, 1.165) is 5.56 Å². The van der Waals surface area contributed by atoms with E-state index in [1.807, 2.05) is 0 Å². The summed E-state index contributed by atoms with van der Waals surface area (Å²) in [6, 6.07) is 3.12. The standard InChI is InChI=1S/C8H12NO4P/c1-5-4-8(13-14(10,11)12)6(2)3-7(5)9/h3-4H,9H2,1-2H3,(H2,10,11,12). The van der Waals surface area contributed by atoms with Crippen LogP contribution in [0.1, 0.15) is 11.1 Å². The molecule has 0 saturated carbocycles. The zero-order valence-electron chi connectivity index (χ0n) is 7.89. The minimum atomic E-state index is -4.49. The lowest BCUT2D eigenvalue weighted by Gasteiger charge is -2.11. The lowest BCUT2D eigenvalue weighted by atomic mass is 10.1. The predicted octanol–water partition coefficient (Wildman–Crippen LogP) is 1.36. The van der Waals surface area contributed by atoms with Crippen LogP contribution in [0.5, 0.6) is 5.75 Å². The highest BCUT2D eigenvalue weighted by molar-refractivity contribution is 7.46. The fourth-order valence-corrected chi connectivity index (χ4v) is 1.49. The number of aryl methyl sites for hydroxylation is 2. The number of rotatable bonds is 2. The minimum absolute atomic E-state index is 0.157. The topological polar surface area (TPSA) is 92.8 Å². The lowest BCUT2D eigenvalue weighted by molar-refractivity contribution is 0.282. The Balaban J connectivity index is 3.11. The van der Waals surface area contributed by atoms with Crippen molar-refractivity contribution in [2.24, 2.45) is 0 Å². The summed E-state index contributed by atoms with van der Waals surface area (Å²) in [7, 11) is -4.49. The van der Waals surface area contributed by atoms with Gasteiger partial charge in [0.1, 0.15) is 5.75 Å². The van der Waals surface area contributed by atoms with E-state index in [-0.39, 0.29) is 5.75 Å². The Bertz CT molecular complexity index is 399. The van der Waals surface area contributed by atoms with Gasteiger partial charge in [-0.05, 0) is 37.1 Å². The molecule has 0 atom stereocenters. The van der Waals surface area contributed by atoms with Crippen molar-refractivity contribution in [3.8, 4) is 5.75 Å².